The summed E-state index contributed by atoms with van der Waals surface area (Å²) in [4.78, 5) is 33.0. The number of carboxylic acid groups (broad SMARTS) is 2. The Kier molecular flexibility index (Phi) is 6.19. The fourth-order valence-electron chi connectivity index (χ4n) is 1.82. The Morgan fingerprint density at radius 1 is 1.10 bits per heavy atom. The molecule has 0 radical (unpaired) electrons. The molecule has 2 atom stereocenters. The van der Waals surface area contributed by atoms with Crippen molar-refractivity contribution >= 4 is 18.0 Å². The molecule has 0 bridgehead atoms. The minimum atomic E-state index is -1.45. The molecule has 21 heavy (non-hydrogen) atoms. The number of urea groups is 1. The van der Waals surface area contributed by atoms with Gasteiger partial charge >= 0.3 is 18.0 Å². The summed E-state index contributed by atoms with van der Waals surface area (Å²) in [5.74, 6) is -2.68. The van der Waals surface area contributed by atoms with E-state index in [0.29, 0.717) is 6.42 Å². The van der Waals surface area contributed by atoms with Crippen molar-refractivity contribution in [2.45, 2.75) is 31.8 Å². The molecule has 0 aromatic heterocycles. The summed E-state index contributed by atoms with van der Waals surface area (Å²) in [6.07, 6.45) is -0.0826. The molecule has 1 rings (SSSR count). The van der Waals surface area contributed by atoms with Crippen molar-refractivity contribution < 1.29 is 24.6 Å². The van der Waals surface area contributed by atoms with Gasteiger partial charge in [-0.05, 0) is 18.9 Å². The minimum Gasteiger partial charge on any atom is -0.481 e. The molecule has 0 spiro atoms. The molecule has 7 nitrogen and oxygen atoms in total. The molecule has 0 aliphatic heterocycles. The van der Waals surface area contributed by atoms with Crippen molar-refractivity contribution in [3.63, 3.8) is 0 Å². The summed E-state index contributed by atoms with van der Waals surface area (Å²) in [5, 5.41) is 22.1. The van der Waals surface area contributed by atoms with Crippen molar-refractivity contribution in [3.8, 4) is 0 Å². The van der Waals surface area contributed by atoms with Crippen molar-refractivity contribution in [1.29, 1.82) is 0 Å². The summed E-state index contributed by atoms with van der Waals surface area (Å²) in [5.41, 5.74) is 1.03. The SMILES string of the molecule is CC(Cc1ccccc1)NC(=O)NC(CC(=O)O)C(=O)O. The van der Waals surface area contributed by atoms with E-state index in [1.807, 2.05) is 30.3 Å². The van der Waals surface area contributed by atoms with Crippen molar-refractivity contribution in [3.05, 3.63) is 35.9 Å². The van der Waals surface area contributed by atoms with Crippen LogP contribution in [-0.2, 0) is 16.0 Å². The Bertz CT molecular complexity index is 503. The van der Waals surface area contributed by atoms with E-state index < -0.39 is 30.4 Å². The highest BCUT2D eigenvalue weighted by molar-refractivity contribution is 5.86. The van der Waals surface area contributed by atoms with E-state index in [2.05, 4.69) is 10.6 Å². The van der Waals surface area contributed by atoms with Gasteiger partial charge in [0.2, 0.25) is 0 Å². The molecule has 2 amide bonds. The first kappa shape index (κ1) is 16.5. The zero-order valence-corrected chi connectivity index (χ0v) is 11.6. The van der Waals surface area contributed by atoms with Gasteiger partial charge in [0.1, 0.15) is 6.04 Å². The maximum absolute atomic E-state index is 11.7. The normalized spacial score (nSPS) is 13.0. The molecule has 114 valence electrons. The topological polar surface area (TPSA) is 116 Å². The summed E-state index contributed by atoms with van der Waals surface area (Å²) >= 11 is 0. The quantitative estimate of drug-likeness (QED) is 0.595. The lowest BCUT2D eigenvalue weighted by Crippen LogP contribution is -2.49. The van der Waals surface area contributed by atoms with Gasteiger partial charge in [-0.1, -0.05) is 30.3 Å². The molecular formula is C14H18N2O5. The molecule has 7 heteroatoms. The maximum atomic E-state index is 11.7. The Hall–Kier alpha value is -2.57. The van der Waals surface area contributed by atoms with Crippen LogP contribution in [0, 0.1) is 0 Å². The van der Waals surface area contributed by atoms with Gasteiger partial charge in [-0.25, -0.2) is 9.59 Å². The fraction of sp³-hybridized carbons (Fsp3) is 0.357. The Morgan fingerprint density at radius 3 is 2.24 bits per heavy atom. The number of amides is 2. The standard InChI is InChI=1S/C14H18N2O5/c1-9(7-10-5-3-2-4-6-10)15-14(21)16-11(13(19)20)8-12(17)18/h2-6,9,11H,7-8H2,1H3,(H,17,18)(H,19,20)(H2,15,16,21). The first-order chi connectivity index (χ1) is 9.88. The number of carboxylic acids is 2. The van der Waals surface area contributed by atoms with E-state index in [1.165, 1.54) is 0 Å². The lowest BCUT2D eigenvalue weighted by atomic mass is 10.1. The maximum Gasteiger partial charge on any atom is 0.326 e. The van der Waals surface area contributed by atoms with Gasteiger partial charge in [0, 0.05) is 6.04 Å². The van der Waals surface area contributed by atoms with Crippen LogP contribution in [-0.4, -0.2) is 40.3 Å². The monoisotopic (exact) mass is 294 g/mol. The molecule has 0 saturated carbocycles. The Labute approximate surface area is 122 Å². The van der Waals surface area contributed by atoms with E-state index in [-0.39, 0.29) is 6.04 Å². The van der Waals surface area contributed by atoms with Gasteiger partial charge < -0.3 is 20.8 Å². The van der Waals surface area contributed by atoms with Crippen LogP contribution in [0.15, 0.2) is 30.3 Å². The molecule has 0 fully saturated rings. The molecule has 0 aliphatic rings. The van der Waals surface area contributed by atoms with Crippen LogP contribution in [0.4, 0.5) is 4.79 Å². The molecule has 0 heterocycles. The van der Waals surface area contributed by atoms with Gasteiger partial charge in [0.15, 0.2) is 0 Å². The van der Waals surface area contributed by atoms with Crippen LogP contribution >= 0.6 is 0 Å². The van der Waals surface area contributed by atoms with Crippen molar-refractivity contribution in [1.82, 2.24) is 10.6 Å². The number of aliphatic carboxylic acids is 2. The highest BCUT2D eigenvalue weighted by atomic mass is 16.4. The van der Waals surface area contributed by atoms with Crippen molar-refractivity contribution in [2.75, 3.05) is 0 Å². The van der Waals surface area contributed by atoms with Crippen molar-refractivity contribution in [2.24, 2.45) is 0 Å². The van der Waals surface area contributed by atoms with E-state index in [1.54, 1.807) is 6.92 Å². The van der Waals surface area contributed by atoms with Crippen LogP contribution < -0.4 is 10.6 Å². The average molecular weight is 294 g/mol. The molecule has 4 N–H and O–H groups in total. The predicted octanol–water partition coefficient (Wildman–Crippen LogP) is 0.845. The molecule has 2 unspecified atom stereocenters. The third-order valence-electron chi connectivity index (χ3n) is 2.74. The number of benzene rings is 1. The number of hydrogen-bond donors (Lipinski definition) is 4. The van der Waals surface area contributed by atoms with E-state index in [0.717, 1.165) is 5.56 Å². The third-order valence-corrected chi connectivity index (χ3v) is 2.74. The second-order valence-electron chi connectivity index (χ2n) is 4.70. The van der Waals surface area contributed by atoms with Gasteiger partial charge in [-0.3, -0.25) is 4.79 Å². The minimum absolute atomic E-state index is 0.216. The fourth-order valence-corrected chi connectivity index (χ4v) is 1.82. The molecule has 0 aliphatic carbocycles. The van der Waals surface area contributed by atoms with Gasteiger partial charge in [-0.2, -0.15) is 0 Å². The Balaban J connectivity index is 2.48. The number of nitrogens with one attached hydrogen (secondary N) is 2. The second kappa shape index (κ2) is 7.88. The number of hydrogen-bond acceptors (Lipinski definition) is 3. The highest BCUT2D eigenvalue weighted by Gasteiger charge is 2.23. The number of carbonyl (C=O) groups excluding carboxylic acids is 1. The number of carbonyl (C=O) groups is 3. The Morgan fingerprint density at radius 2 is 1.71 bits per heavy atom. The first-order valence-corrected chi connectivity index (χ1v) is 6.44. The lowest BCUT2D eigenvalue weighted by Gasteiger charge is -2.17. The molecule has 1 aromatic carbocycles. The predicted molar refractivity (Wildman–Crippen MR) is 75.0 cm³/mol. The first-order valence-electron chi connectivity index (χ1n) is 6.44. The largest absolute Gasteiger partial charge is 0.481 e. The van der Waals surface area contributed by atoms with Crippen LogP contribution in [0.2, 0.25) is 0 Å². The zero-order chi connectivity index (χ0) is 15.8. The van der Waals surface area contributed by atoms with Gasteiger partial charge in [0.05, 0.1) is 6.42 Å². The third kappa shape index (κ3) is 6.42. The summed E-state index contributed by atoms with van der Waals surface area (Å²) in [6, 6.07) is 7.12. The number of rotatable bonds is 7. The molecular weight excluding hydrogens is 276 g/mol. The van der Waals surface area contributed by atoms with Crippen LogP contribution in [0.1, 0.15) is 18.9 Å². The second-order valence-corrected chi connectivity index (χ2v) is 4.70. The van der Waals surface area contributed by atoms with Gasteiger partial charge in [-0.15, -0.1) is 0 Å². The van der Waals surface area contributed by atoms with Crippen LogP contribution in [0.25, 0.3) is 0 Å². The summed E-state index contributed by atoms with van der Waals surface area (Å²) < 4.78 is 0. The summed E-state index contributed by atoms with van der Waals surface area (Å²) in [7, 11) is 0. The molecule has 0 saturated heterocycles. The average Bonchev–Trinajstić information content (AvgIpc) is 2.38. The van der Waals surface area contributed by atoms with E-state index in [4.69, 9.17) is 10.2 Å². The van der Waals surface area contributed by atoms with E-state index in [9.17, 15) is 14.4 Å². The molecule has 1 aromatic rings. The van der Waals surface area contributed by atoms with Crippen LogP contribution in [0.3, 0.4) is 0 Å². The van der Waals surface area contributed by atoms with Gasteiger partial charge in [0.25, 0.3) is 0 Å². The van der Waals surface area contributed by atoms with Crippen LogP contribution in [0.5, 0.6) is 0 Å². The smallest absolute Gasteiger partial charge is 0.326 e. The van der Waals surface area contributed by atoms with E-state index >= 15 is 0 Å². The lowest BCUT2D eigenvalue weighted by molar-refractivity contribution is -0.145. The summed E-state index contributed by atoms with van der Waals surface area (Å²) in [6.45, 7) is 1.78. The highest BCUT2D eigenvalue weighted by Crippen LogP contribution is 2.02. The zero-order valence-electron chi connectivity index (χ0n) is 11.6.